The smallest absolute Gasteiger partial charge is 0.204 e. The fourth-order valence-corrected chi connectivity index (χ4v) is 3.44. The molecule has 1 aliphatic heterocycles. The van der Waals surface area contributed by atoms with E-state index in [1.165, 1.54) is 6.20 Å². The standard InChI is InChI=1S/C17H20N2O6S/c1-8-2-4-9(5-3-8)12(21)11-6-18-17(26-11)19-16-15(24)14(23)13(22)10(7-20)25-16/h2-6,10,13-16,20,22-24H,7H2,1H3,(H,18,19)/t10-,13-,14+,15+,16+/m1/s1. The molecule has 2 heterocycles. The first-order valence-electron chi connectivity index (χ1n) is 8.05. The van der Waals surface area contributed by atoms with Crippen molar-refractivity contribution < 1.29 is 30.0 Å². The topological polar surface area (TPSA) is 132 Å². The fraction of sp³-hybridized carbons (Fsp3) is 0.412. The molecule has 0 amide bonds. The molecule has 2 aromatic rings. The zero-order chi connectivity index (χ0) is 18.8. The van der Waals surface area contributed by atoms with Crippen LogP contribution in [0.4, 0.5) is 5.13 Å². The van der Waals surface area contributed by atoms with Gasteiger partial charge in [-0.25, -0.2) is 4.98 Å². The second-order valence-electron chi connectivity index (χ2n) is 6.12. The maximum absolute atomic E-state index is 12.5. The van der Waals surface area contributed by atoms with E-state index in [0.29, 0.717) is 15.6 Å². The van der Waals surface area contributed by atoms with E-state index in [-0.39, 0.29) is 5.78 Å². The number of benzene rings is 1. The van der Waals surface area contributed by atoms with E-state index < -0.39 is 37.3 Å². The minimum Gasteiger partial charge on any atom is -0.394 e. The summed E-state index contributed by atoms with van der Waals surface area (Å²) in [5.74, 6) is -0.177. The number of hydrogen-bond acceptors (Lipinski definition) is 9. The van der Waals surface area contributed by atoms with Gasteiger partial charge >= 0.3 is 0 Å². The van der Waals surface area contributed by atoms with Crippen molar-refractivity contribution in [2.24, 2.45) is 0 Å². The van der Waals surface area contributed by atoms with Crippen LogP contribution < -0.4 is 5.32 Å². The second-order valence-corrected chi connectivity index (χ2v) is 7.15. The average molecular weight is 380 g/mol. The highest BCUT2D eigenvalue weighted by molar-refractivity contribution is 7.17. The number of thiazole rings is 1. The average Bonchev–Trinajstić information content (AvgIpc) is 3.11. The number of carbonyl (C=O) groups excluding carboxylic acids is 1. The molecule has 1 fully saturated rings. The molecule has 140 valence electrons. The third-order valence-corrected chi connectivity index (χ3v) is 5.13. The van der Waals surface area contributed by atoms with Gasteiger partial charge < -0.3 is 30.5 Å². The van der Waals surface area contributed by atoms with Crippen molar-refractivity contribution in [3.8, 4) is 0 Å². The molecule has 0 unspecified atom stereocenters. The molecular weight excluding hydrogens is 360 g/mol. The van der Waals surface area contributed by atoms with Crippen LogP contribution in [0, 0.1) is 6.92 Å². The Morgan fingerprint density at radius 2 is 1.88 bits per heavy atom. The minimum atomic E-state index is -1.48. The van der Waals surface area contributed by atoms with Crippen LogP contribution in [0.1, 0.15) is 20.8 Å². The van der Waals surface area contributed by atoms with Crippen molar-refractivity contribution in [2.45, 2.75) is 37.6 Å². The molecule has 0 spiro atoms. The Balaban J connectivity index is 1.71. The minimum absolute atomic E-state index is 0.177. The molecule has 0 bridgehead atoms. The molecule has 1 saturated heterocycles. The molecule has 5 N–H and O–H groups in total. The molecule has 8 nitrogen and oxygen atoms in total. The summed E-state index contributed by atoms with van der Waals surface area (Å²) < 4.78 is 5.36. The molecule has 0 aliphatic carbocycles. The Morgan fingerprint density at radius 3 is 2.54 bits per heavy atom. The molecule has 3 rings (SSSR count). The molecule has 1 aliphatic rings. The van der Waals surface area contributed by atoms with Crippen LogP contribution in [0.2, 0.25) is 0 Å². The number of aromatic nitrogens is 1. The van der Waals surface area contributed by atoms with Crippen molar-refractivity contribution in [1.82, 2.24) is 4.98 Å². The number of ether oxygens (including phenoxy) is 1. The lowest BCUT2D eigenvalue weighted by atomic mass is 9.98. The first-order chi connectivity index (χ1) is 12.4. The summed E-state index contributed by atoms with van der Waals surface area (Å²) >= 11 is 1.08. The fourth-order valence-electron chi connectivity index (χ4n) is 2.64. The summed E-state index contributed by atoms with van der Waals surface area (Å²) in [6.07, 6.45) is -5.01. The van der Waals surface area contributed by atoms with Crippen molar-refractivity contribution in [2.75, 3.05) is 11.9 Å². The van der Waals surface area contributed by atoms with Gasteiger partial charge in [0.05, 0.1) is 17.7 Å². The zero-order valence-electron chi connectivity index (χ0n) is 13.9. The van der Waals surface area contributed by atoms with Gasteiger partial charge in [-0.05, 0) is 6.92 Å². The Morgan fingerprint density at radius 1 is 1.19 bits per heavy atom. The predicted octanol–water partition coefficient (Wildman–Crippen LogP) is -0.106. The summed E-state index contributed by atoms with van der Waals surface area (Å²) in [6.45, 7) is 1.42. The van der Waals surface area contributed by atoms with Gasteiger partial charge in [0.15, 0.2) is 11.4 Å². The molecule has 26 heavy (non-hydrogen) atoms. The van der Waals surface area contributed by atoms with E-state index in [1.807, 2.05) is 19.1 Å². The van der Waals surface area contributed by atoms with Crippen LogP contribution in [0.3, 0.4) is 0 Å². The Labute approximate surface area is 153 Å². The van der Waals surface area contributed by atoms with Gasteiger partial charge in [-0.2, -0.15) is 0 Å². The van der Waals surface area contributed by atoms with Crippen LogP contribution in [-0.2, 0) is 4.74 Å². The lowest BCUT2D eigenvalue weighted by Gasteiger charge is -2.40. The Hall–Kier alpha value is -1.88. The van der Waals surface area contributed by atoms with Crippen molar-refractivity contribution in [1.29, 1.82) is 0 Å². The zero-order valence-corrected chi connectivity index (χ0v) is 14.8. The Bertz CT molecular complexity index is 763. The van der Waals surface area contributed by atoms with Crippen molar-refractivity contribution >= 4 is 22.3 Å². The molecule has 9 heteroatoms. The van der Waals surface area contributed by atoms with Crippen LogP contribution in [0.15, 0.2) is 30.5 Å². The maximum atomic E-state index is 12.5. The van der Waals surface area contributed by atoms with Crippen molar-refractivity contribution in [3.05, 3.63) is 46.5 Å². The molecule has 0 radical (unpaired) electrons. The molecular formula is C17H20N2O6S. The molecule has 0 saturated carbocycles. The number of nitrogens with one attached hydrogen (secondary N) is 1. The highest BCUT2D eigenvalue weighted by Gasteiger charge is 2.43. The van der Waals surface area contributed by atoms with E-state index >= 15 is 0 Å². The number of rotatable bonds is 5. The van der Waals surface area contributed by atoms with Crippen LogP contribution in [0.5, 0.6) is 0 Å². The monoisotopic (exact) mass is 380 g/mol. The number of aliphatic hydroxyl groups excluding tert-OH is 4. The first kappa shape index (κ1) is 18.9. The Kier molecular flexibility index (Phi) is 5.66. The van der Waals surface area contributed by atoms with E-state index in [2.05, 4.69) is 10.3 Å². The summed E-state index contributed by atoms with van der Waals surface area (Å²) in [7, 11) is 0. The third kappa shape index (κ3) is 3.78. The SMILES string of the molecule is Cc1ccc(C(=O)c2cnc(N[C@H]3O[C@H](CO)[C@@H](O)[C@H](O)[C@@H]3O)s2)cc1. The second kappa shape index (κ2) is 7.78. The quantitative estimate of drug-likeness (QED) is 0.454. The van der Waals surface area contributed by atoms with Crippen LogP contribution in [-0.4, -0.2) is 68.4 Å². The summed E-state index contributed by atoms with van der Waals surface area (Å²) in [6, 6.07) is 7.17. The third-order valence-electron chi connectivity index (χ3n) is 4.20. The highest BCUT2D eigenvalue weighted by atomic mass is 32.1. The largest absolute Gasteiger partial charge is 0.394 e. The van der Waals surface area contributed by atoms with E-state index in [0.717, 1.165) is 16.9 Å². The van der Waals surface area contributed by atoms with E-state index in [4.69, 9.17) is 4.74 Å². The lowest BCUT2D eigenvalue weighted by Crippen LogP contribution is -2.60. The van der Waals surface area contributed by atoms with Gasteiger partial charge in [-0.3, -0.25) is 4.79 Å². The van der Waals surface area contributed by atoms with Gasteiger partial charge in [0.25, 0.3) is 0 Å². The molecule has 1 aromatic heterocycles. The lowest BCUT2D eigenvalue weighted by molar-refractivity contribution is -0.221. The number of nitrogens with zero attached hydrogens (tertiary/aromatic N) is 1. The number of ketones is 1. The number of carbonyl (C=O) groups is 1. The molecule has 1 aromatic carbocycles. The normalized spacial score (nSPS) is 28.7. The highest BCUT2D eigenvalue weighted by Crippen LogP contribution is 2.26. The number of hydrogen-bond donors (Lipinski definition) is 5. The van der Waals surface area contributed by atoms with Crippen molar-refractivity contribution in [3.63, 3.8) is 0 Å². The first-order valence-corrected chi connectivity index (χ1v) is 8.86. The van der Waals surface area contributed by atoms with Gasteiger partial charge in [-0.1, -0.05) is 41.2 Å². The van der Waals surface area contributed by atoms with E-state index in [9.17, 15) is 25.2 Å². The van der Waals surface area contributed by atoms with Crippen LogP contribution >= 0.6 is 11.3 Å². The maximum Gasteiger partial charge on any atom is 0.204 e. The number of anilines is 1. The predicted molar refractivity (Wildman–Crippen MR) is 94.1 cm³/mol. The van der Waals surface area contributed by atoms with Gasteiger partial charge in [-0.15, -0.1) is 0 Å². The summed E-state index contributed by atoms with van der Waals surface area (Å²) in [5.41, 5.74) is 1.59. The number of aryl methyl sites for hydroxylation is 1. The van der Waals surface area contributed by atoms with Gasteiger partial charge in [0.2, 0.25) is 5.78 Å². The van der Waals surface area contributed by atoms with Crippen LogP contribution in [0.25, 0.3) is 0 Å². The molecule has 5 atom stereocenters. The number of aliphatic hydroxyl groups is 4. The summed E-state index contributed by atoms with van der Waals surface area (Å²) in [4.78, 5) is 17.0. The van der Waals surface area contributed by atoms with Gasteiger partial charge in [0, 0.05) is 5.56 Å². The van der Waals surface area contributed by atoms with Gasteiger partial charge in [0.1, 0.15) is 24.4 Å². The summed E-state index contributed by atoms with van der Waals surface area (Å²) in [5, 5.41) is 41.9. The van der Waals surface area contributed by atoms with E-state index in [1.54, 1.807) is 12.1 Å².